The lowest BCUT2D eigenvalue weighted by Crippen LogP contribution is -2.34. The van der Waals surface area contributed by atoms with Crippen molar-refractivity contribution in [2.75, 3.05) is 6.54 Å². The highest BCUT2D eigenvalue weighted by Crippen LogP contribution is 2.28. The Kier molecular flexibility index (Phi) is 4.62. The average molecular weight is 336 g/mol. The number of rotatable bonds is 4. The number of benzene rings is 1. The van der Waals surface area contributed by atoms with E-state index in [9.17, 15) is 13.6 Å². The minimum absolute atomic E-state index is 0.209. The molecule has 0 aliphatic heterocycles. The number of halogens is 4. The first-order valence-electron chi connectivity index (χ1n) is 5.55. The molecule has 1 aromatic carbocycles. The van der Waals surface area contributed by atoms with Crippen LogP contribution in [0.3, 0.4) is 0 Å². The molecule has 2 rings (SSSR count). The van der Waals surface area contributed by atoms with Crippen LogP contribution in [0.2, 0.25) is 10.0 Å². The second-order valence-corrected chi connectivity index (χ2v) is 5.75. The summed E-state index contributed by atoms with van der Waals surface area (Å²) in [6.07, 6.45) is 0. The van der Waals surface area contributed by atoms with E-state index < -0.39 is 18.4 Å². The van der Waals surface area contributed by atoms with E-state index in [2.05, 4.69) is 5.32 Å². The van der Waals surface area contributed by atoms with E-state index in [1.807, 2.05) is 0 Å². The molecule has 0 atom stereocenters. The van der Waals surface area contributed by atoms with E-state index in [-0.39, 0.29) is 15.5 Å². The van der Waals surface area contributed by atoms with Crippen LogP contribution in [0.4, 0.5) is 8.78 Å². The van der Waals surface area contributed by atoms with E-state index in [1.54, 1.807) is 11.4 Å². The average Bonchev–Trinajstić information content (AvgIpc) is 2.83. The molecule has 0 aliphatic carbocycles. The van der Waals surface area contributed by atoms with Gasteiger partial charge in [0.1, 0.15) is 4.88 Å². The predicted molar refractivity (Wildman–Crippen MR) is 77.0 cm³/mol. The van der Waals surface area contributed by atoms with Gasteiger partial charge in [0.05, 0.1) is 11.6 Å². The fourth-order valence-electron chi connectivity index (χ4n) is 1.52. The van der Waals surface area contributed by atoms with Crippen molar-refractivity contribution in [3.63, 3.8) is 0 Å². The Morgan fingerprint density at radius 1 is 1.20 bits per heavy atom. The molecule has 1 amide bonds. The number of carbonyl (C=O) groups is 1. The first kappa shape index (κ1) is 15.2. The molecule has 1 aromatic heterocycles. The molecule has 0 spiro atoms. The Bertz CT molecular complexity index is 613. The predicted octanol–water partition coefficient (Wildman–Crippen LogP) is 4.58. The molecule has 7 heteroatoms. The van der Waals surface area contributed by atoms with Crippen LogP contribution in [0, 0.1) is 0 Å². The van der Waals surface area contributed by atoms with Crippen LogP contribution >= 0.6 is 34.5 Å². The SMILES string of the molecule is O=C(NCC(F)(F)c1ccc(Cl)cc1)c1sccc1Cl. The normalized spacial score (nSPS) is 11.4. The van der Waals surface area contributed by atoms with Gasteiger partial charge in [-0.1, -0.05) is 35.3 Å². The summed E-state index contributed by atoms with van der Waals surface area (Å²) in [7, 11) is 0. The van der Waals surface area contributed by atoms with E-state index >= 15 is 0 Å². The van der Waals surface area contributed by atoms with Crippen molar-refractivity contribution < 1.29 is 13.6 Å². The van der Waals surface area contributed by atoms with Gasteiger partial charge in [-0.3, -0.25) is 4.79 Å². The molecule has 0 saturated carbocycles. The third-order valence-corrected chi connectivity index (χ3v) is 4.15. The zero-order chi connectivity index (χ0) is 14.8. The molecule has 1 N–H and O–H groups in total. The van der Waals surface area contributed by atoms with Gasteiger partial charge in [-0.25, -0.2) is 0 Å². The van der Waals surface area contributed by atoms with Gasteiger partial charge in [-0.05, 0) is 23.6 Å². The fourth-order valence-corrected chi connectivity index (χ4v) is 2.71. The monoisotopic (exact) mass is 335 g/mol. The number of hydrogen-bond acceptors (Lipinski definition) is 2. The molecular weight excluding hydrogens is 327 g/mol. The molecule has 0 unspecified atom stereocenters. The highest BCUT2D eigenvalue weighted by atomic mass is 35.5. The molecule has 0 radical (unpaired) electrons. The molecule has 0 saturated heterocycles. The van der Waals surface area contributed by atoms with E-state index in [0.717, 1.165) is 11.3 Å². The lowest BCUT2D eigenvalue weighted by Gasteiger charge is -2.17. The van der Waals surface area contributed by atoms with Gasteiger partial charge in [0, 0.05) is 10.6 Å². The van der Waals surface area contributed by atoms with Gasteiger partial charge in [0.25, 0.3) is 11.8 Å². The molecule has 1 heterocycles. The molecular formula is C13H9Cl2F2NOS. The molecule has 2 nitrogen and oxygen atoms in total. The second kappa shape index (κ2) is 6.08. The number of alkyl halides is 2. The summed E-state index contributed by atoms with van der Waals surface area (Å²) in [5.74, 6) is -3.79. The largest absolute Gasteiger partial charge is 0.345 e. The Morgan fingerprint density at radius 2 is 1.85 bits per heavy atom. The van der Waals surface area contributed by atoms with Crippen LogP contribution in [-0.4, -0.2) is 12.5 Å². The Labute approximate surface area is 128 Å². The maximum atomic E-state index is 13.9. The molecule has 20 heavy (non-hydrogen) atoms. The summed E-state index contributed by atoms with van der Waals surface area (Å²) in [6.45, 7) is -0.804. The van der Waals surface area contributed by atoms with Crippen LogP contribution in [0.1, 0.15) is 15.2 Å². The highest BCUT2D eigenvalue weighted by molar-refractivity contribution is 7.12. The number of nitrogens with one attached hydrogen (secondary N) is 1. The highest BCUT2D eigenvalue weighted by Gasteiger charge is 2.32. The van der Waals surface area contributed by atoms with Crippen molar-refractivity contribution in [3.05, 3.63) is 56.2 Å². The van der Waals surface area contributed by atoms with Crippen molar-refractivity contribution in [2.45, 2.75) is 5.92 Å². The van der Waals surface area contributed by atoms with Crippen LogP contribution < -0.4 is 5.32 Å². The molecule has 0 aliphatic rings. The van der Waals surface area contributed by atoms with Gasteiger partial charge in [0.2, 0.25) is 0 Å². The van der Waals surface area contributed by atoms with Crippen molar-refractivity contribution in [1.82, 2.24) is 5.32 Å². The van der Waals surface area contributed by atoms with Gasteiger partial charge in [-0.15, -0.1) is 11.3 Å². The third-order valence-electron chi connectivity index (χ3n) is 2.56. The standard InChI is InChI=1S/C13H9Cl2F2NOS/c14-9-3-1-8(2-4-9)13(16,17)7-18-12(19)11-10(15)5-6-20-11/h1-6H,7H2,(H,18,19). The van der Waals surface area contributed by atoms with Crippen molar-refractivity contribution in [3.8, 4) is 0 Å². The summed E-state index contributed by atoms with van der Waals surface area (Å²) >= 11 is 12.5. The summed E-state index contributed by atoms with van der Waals surface area (Å²) in [5, 5.41) is 4.43. The van der Waals surface area contributed by atoms with Crippen molar-refractivity contribution in [2.24, 2.45) is 0 Å². The van der Waals surface area contributed by atoms with E-state index in [0.29, 0.717) is 5.02 Å². The van der Waals surface area contributed by atoms with Gasteiger partial charge < -0.3 is 5.32 Å². The fraction of sp³-hybridized carbons (Fsp3) is 0.154. The Balaban J connectivity index is 2.04. The van der Waals surface area contributed by atoms with Crippen LogP contribution in [0.15, 0.2) is 35.7 Å². The van der Waals surface area contributed by atoms with Gasteiger partial charge in [-0.2, -0.15) is 8.78 Å². The summed E-state index contributed by atoms with van der Waals surface area (Å²) in [5.41, 5.74) is -0.209. The topological polar surface area (TPSA) is 29.1 Å². The number of carbonyl (C=O) groups excluding carboxylic acids is 1. The molecule has 0 bridgehead atoms. The first-order chi connectivity index (χ1) is 9.40. The minimum Gasteiger partial charge on any atom is -0.345 e. The third kappa shape index (κ3) is 3.48. The summed E-state index contributed by atoms with van der Waals surface area (Å²) in [6, 6.07) is 6.75. The smallest absolute Gasteiger partial charge is 0.290 e. The Morgan fingerprint density at radius 3 is 2.40 bits per heavy atom. The van der Waals surface area contributed by atoms with Crippen LogP contribution in [-0.2, 0) is 5.92 Å². The number of thiophene rings is 1. The zero-order valence-corrected chi connectivity index (χ0v) is 12.3. The van der Waals surface area contributed by atoms with Crippen molar-refractivity contribution >= 4 is 40.4 Å². The Hall–Kier alpha value is -1.17. The maximum Gasteiger partial charge on any atom is 0.290 e. The summed E-state index contributed by atoms with van der Waals surface area (Å²) in [4.78, 5) is 11.9. The summed E-state index contributed by atoms with van der Waals surface area (Å²) < 4.78 is 27.8. The lowest BCUT2D eigenvalue weighted by atomic mass is 10.1. The zero-order valence-electron chi connectivity index (χ0n) is 10.00. The molecule has 2 aromatic rings. The van der Waals surface area contributed by atoms with Gasteiger partial charge >= 0.3 is 0 Å². The maximum absolute atomic E-state index is 13.9. The van der Waals surface area contributed by atoms with E-state index in [4.69, 9.17) is 23.2 Å². The second-order valence-electron chi connectivity index (χ2n) is 3.99. The number of amides is 1. The number of hydrogen-bond donors (Lipinski definition) is 1. The minimum atomic E-state index is -3.18. The lowest BCUT2D eigenvalue weighted by molar-refractivity contribution is -0.00242. The first-order valence-corrected chi connectivity index (χ1v) is 7.19. The molecule has 0 fully saturated rings. The molecule has 106 valence electrons. The van der Waals surface area contributed by atoms with Crippen molar-refractivity contribution in [1.29, 1.82) is 0 Å². The van der Waals surface area contributed by atoms with Gasteiger partial charge in [0.15, 0.2) is 0 Å². The van der Waals surface area contributed by atoms with E-state index in [1.165, 1.54) is 24.3 Å². The van der Waals surface area contributed by atoms with Crippen LogP contribution in [0.25, 0.3) is 0 Å². The quantitative estimate of drug-likeness (QED) is 0.870. The van der Waals surface area contributed by atoms with Crippen LogP contribution in [0.5, 0.6) is 0 Å².